The van der Waals surface area contributed by atoms with Crippen molar-refractivity contribution in [3.8, 4) is 0 Å². The molecule has 0 saturated carbocycles. The lowest BCUT2D eigenvalue weighted by Gasteiger charge is -2.10. The molecule has 0 amide bonds. The standard InChI is InChI=1S/C10H6F3N2O/c11-10(12,13)6-4-8-5(3-7(6)14)1-2-9(16)15-8/h1,3-4H,14H2,(H,15,16). The van der Waals surface area contributed by atoms with Crippen molar-refractivity contribution in [2.75, 3.05) is 5.73 Å². The Balaban J connectivity index is 2.79. The van der Waals surface area contributed by atoms with Crippen molar-refractivity contribution in [2.45, 2.75) is 6.18 Å². The summed E-state index contributed by atoms with van der Waals surface area (Å²) < 4.78 is 37.5. The minimum atomic E-state index is -4.53. The van der Waals surface area contributed by atoms with Crippen LogP contribution in [0.25, 0.3) is 10.9 Å². The molecule has 0 aliphatic heterocycles. The van der Waals surface area contributed by atoms with Gasteiger partial charge in [-0.15, -0.1) is 0 Å². The van der Waals surface area contributed by atoms with Gasteiger partial charge in [0.15, 0.2) is 0 Å². The van der Waals surface area contributed by atoms with E-state index < -0.39 is 17.3 Å². The van der Waals surface area contributed by atoms with Gasteiger partial charge in [0.05, 0.1) is 11.6 Å². The summed E-state index contributed by atoms with van der Waals surface area (Å²) in [4.78, 5) is 13.2. The maximum atomic E-state index is 12.5. The number of halogens is 3. The van der Waals surface area contributed by atoms with Crippen molar-refractivity contribution < 1.29 is 13.2 Å². The summed E-state index contributed by atoms with van der Waals surface area (Å²) in [5.41, 5.74) is 3.46. The second kappa shape index (κ2) is 3.26. The molecule has 3 nitrogen and oxygen atoms in total. The van der Waals surface area contributed by atoms with E-state index in [0.29, 0.717) is 5.39 Å². The van der Waals surface area contributed by atoms with E-state index in [1.807, 2.05) is 0 Å². The summed E-state index contributed by atoms with van der Waals surface area (Å²) in [6.45, 7) is 0. The van der Waals surface area contributed by atoms with Crippen LogP contribution in [0.2, 0.25) is 0 Å². The number of aromatic nitrogens is 1. The molecule has 0 aliphatic carbocycles. The van der Waals surface area contributed by atoms with E-state index in [9.17, 15) is 18.0 Å². The SMILES string of the molecule is Nc1cc2c[c]c(=O)[nH]c2cc1C(F)(F)F. The lowest BCUT2D eigenvalue weighted by atomic mass is 10.1. The van der Waals surface area contributed by atoms with Gasteiger partial charge in [0.25, 0.3) is 5.56 Å². The molecule has 0 saturated heterocycles. The summed E-state index contributed by atoms with van der Waals surface area (Å²) in [6, 6.07) is 5.58. The maximum absolute atomic E-state index is 12.5. The van der Waals surface area contributed by atoms with Crippen molar-refractivity contribution >= 4 is 16.6 Å². The maximum Gasteiger partial charge on any atom is 0.418 e. The highest BCUT2D eigenvalue weighted by atomic mass is 19.4. The predicted octanol–water partition coefficient (Wildman–Crippen LogP) is 1.93. The minimum Gasteiger partial charge on any atom is -0.398 e. The Kier molecular flexibility index (Phi) is 2.15. The topological polar surface area (TPSA) is 58.9 Å². The van der Waals surface area contributed by atoms with Crippen molar-refractivity contribution in [2.24, 2.45) is 0 Å². The fourth-order valence-corrected chi connectivity index (χ4v) is 1.41. The number of hydrogen-bond donors (Lipinski definition) is 2. The first-order valence-corrected chi connectivity index (χ1v) is 4.29. The summed E-state index contributed by atoms with van der Waals surface area (Å²) in [5.74, 6) is 0. The average molecular weight is 227 g/mol. The van der Waals surface area contributed by atoms with Crippen LogP contribution >= 0.6 is 0 Å². The van der Waals surface area contributed by atoms with Crippen LogP contribution < -0.4 is 11.3 Å². The van der Waals surface area contributed by atoms with Crippen LogP contribution in [0.1, 0.15) is 5.56 Å². The van der Waals surface area contributed by atoms with Gasteiger partial charge < -0.3 is 10.7 Å². The van der Waals surface area contributed by atoms with Gasteiger partial charge >= 0.3 is 6.18 Å². The second-order valence-electron chi connectivity index (χ2n) is 3.27. The number of nitrogens with one attached hydrogen (secondary N) is 1. The number of pyridine rings is 1. The highest BCUT2D eigenvalue weighted by Crippen LogP contribution is 2.35. The Morgan fingerprint density at radius 1 is 1.31 bits per heavy atom. The van der Waals surface area contributed by atoms with Crippen LogP contribution in [0.15, 0.2) is 23.0 Å². The molecule has 1 heterocycles. The molecule has 0 fully saturated rings. The molecular weight excluding hydrogens is 221 g/mol. The quantitative estimate of drug-likeness (QED) is 0.675. The minimum absolute atomic E-state index is 0.0882. The van der Waals surface area contributed by atoms with Crippen LogP contribution in [-0.2, 0) is 6.18 Å². The van der Waals surface area contributed by atoms with E-state index in [-0.39, 0.29) is 11.2 Å². The van der Waals surface area contributed by atoms with Crippen LogP contribution in [0.4, 0.5) is 18.9 Å². The molecular formula is C10H6F3N2O. The number of anilines is 1. The molecule has 1 aromatic carbocycles. The summed E-state index contributed by atoms with van der Waals surface area (Å²) >= 11 is 0. The molecule has 2 rings (SSSR count). The van der Waals surface area contributed by atoms with Crippen molar-refractivity contribution in [3.63, 3.8) is 0 Å². The summed E-state index contributed by atoms with van der Waals surface area (Å²) in [7, 11) is 0. The fraction of sp³-hybridized carbons (Fsp3) is 0.100. The molecule has 0 atom stereocenters. The van der Waals surface area contributed by atoms with E-state index in [1.165, 1.54) is 6.07 Å². The number of alkyl halides is 3. The first-order valence-electron chi connectivity index (χ1n) is 4.29. The monoisotopic (exact) mass is 227 g/mol. The van der Waals surface area contributed by atoms with Gasteiger partial charge in [-0.2, -0.15) is 13.2 Å². The van der Waals surface area contributed by atoms with E-state index in [4.69, 9.17) is 5.73 Å². The Morgan fingerprint density at radius 2 is 2.00 bits per heavy atom. The Bertz CT molecular complexity index is 601. The van der Waals surface area contributed by atoms with Crippen LogP contribution in [0.5, 0.6) is 0 Å². The van der Waals surface area contributed by atoms with Gasteiger partial charge in [0.1, 0.15) is 0 Å². The normalized spacial score (nSPS) is 11.9. The number of hydrogen-bond acceptors (Lipinski definition) is 2. The highest BCUT2D eigenvalue weighted by molar-refractivity contribution is 5.83. The lowest BCUT2D eigenvalue weighted by molar-refractivity contribution is -0.136. The molecule has 1 aromatic heterocycles. The van der Waals surface area contributed by atoms with Gasteiger partial charge in [-0.1, -0.05) is 0 Å². The van der Waals surface area contributed by atoms with E-state index in [1.54, 1.807) is 0 Å². The number of nitrogen functional groups attached to an aromatic ring is 1. The number of H-pyrrole nitrogens is 1. The van der Waals surface area contributed by atoms with E-state index in [0.717, 1.165) is 12.1 Å². The predicted molar refractivity (Wildman–Crippen MR) is 52.8 cm³/mol. The van der Waals surface area contributed by atoms with Gasteiger partial charge in [0, 0.05) is 16.6 Å². The molecule has 0 unspecified atom stereocenters. The number of aromatic amines is 1. The van der Waals surface area contributed by atoms with Crippen LogP contribution in [-0.4, -0.2) is 4.98 Å². The second-order valence-corrected chi connectivity index (χ2v) is 3.27. The molecule has 6 heteroatoms. The molecule has 0 spiro atoms. The molecule has 3 N–H and O–H groups in total. The lowest BCUT2D eigenvalue weighted by Crippen LogP contribution is -2.10. The first-order chi connectivity index (χ1) is 7.38. The number of rotatable bonds is 0. The molecule has 16 heavy (non-hydrogen) atoms. The third kappa shape index (κ3) is 1.73. The number of benzene rings is 1. The molecule has 2 aromatic rings. The average Bonchev–Trinajstić information content (AvgIpc) is 2.16. The number of nitrogens with two attached hydrogens (primary N) is 1. The van der Waals surface area contributed by atoms with Gasteiger partial charge in [-0.25, -0.2) is 0 Å². The molecule has 0 aliphatic rings. The smallest absolute Gasteiger partial charge is 0.398 e. The van der Waals surface area contributed by atoms with Crippen LogP contribution in [0, 0.1) is 6.07 Å². The Hall–Kier alpha value is -1.98. The van der Waals surface area contributed by atoms with Gasteiger partial charge in [0.2, 0.25) is 0 Å². The van der Waals surface area contributed by atoms with Crippen LogP contribution in [0.3, 0.4) is 0 Å². The third-order valence-corrected chi connectivity index (χ3v) is 2.13. The third-order valence-electron chi connectivity index (χ3n) is 2.13. The molecule has 0 bridgehead atoms. The largest absolute Gasteiger partial charge is 0.418 e. The first kappa shape index (κ1) is 10.5. The van der Waals surface area contributed by atoms with Crippen molar-refractivity contribution in [1.82, 2.24) is 4.98 Å². The summed E-state index contributed by atoms with van der Waals surface area (Å²) in [5, 5.41) is 0.408. The zero-order valence-electron chi connectivity index (χ0n) is 7.85. The van der Waals surface area contributed by atoms with Crippen molar-refractivity contribution in [3.05, 3.63) is 40.2 Å². The highest BCUT2D eigenvalue weighted by Gasteiger charge is 2.33. The van der Waals surface area contributed by atoms with E-state index in [2.05, 4.69) is 11.1 Å². The number of fused-ring (bicyclic) bond motifs is 1. The van der Waals surface area contributed by atoms with Gasteiger partial charge in [-0.3, -0.25) is 4.79 Å². The summed E-state index contributed by atoms with van der Waals surface area (Å²) in [6.07, 6.45) is -4.53. The zero-order chi connectivity index (χ0) is 11.9. The molecule has 1 radical (unpaired) electrons. The van der Waals surface area contributed by atoms with Gasteiger partial charge in [-0.05, 0) is 18.2 Å². The van der Waals surface area contributed by atoms with Crippen molar-refractivity contribution in [1.29, 1.82) is 0 Å². The molecule has 83 valence electrons. The Labute approximate surface area is 87.7 Å². The fourth-order valence-electron chi connectivity index (χ4n) is 1.41. The Morgan fingerprint density at radius 3 is 2.62 bits per heavy atom. The van der Waals surface area contributed by atoms with E-state index >= 15 is 0 Å². The zero-order valence-corrected chi connectivity index (χ0v) is 7.85.